The molecule has 0 radical (unpaired) electrons. The van der Waals surface area contributed by atoms with E-state index in [9.17, 15) is 4.79 Å². The molecule has 2 rings (SSSR count). The zero-order valence-corrected chi connectivity index (χ0v) is 18.9. The van der Waals surface area contributed by atoms with Crippen molar-refractivity contribution in [3.8, 4) is 5.75 Å². The molecule has 0 fully saturated rings. The standard InChI is InChI=1S/C22H34N4O2S/c1-5-8-11-23-22(29)26(13-12-25(6-2)7-3)16-18-14-17-15-19(28-4)9-10-20(17)24-21(18)27/h9-10,14-15H,5-8,11-13,16H2,1-4H3,(H,23,29)(H,24,27). The fourth-order valence-corrected chi connectivity index (χ4v) is 3.48. The summed E-state index contributed by atoms with van der Waals surface area (Å²) in [6.07, 6.45) is 2.18. The first kappa shape index (κ1) is 23.2. The minimum Gasteiger partial charge on any atom is -0.497 e. The van der Waals surface area contributed by atoms with Gasteiger partial charge in [0.05, 0.1) is 13.7 Å². The van der Waals surface area contributed by atoms with E-state index < -0.39 is 0 Å². The number of hydrogen-bond acceptors (Lipinski definition) is 4. The maximum absolute atomic E-state index is 12.7. The van der Waals surface area contributed by atoms with E-state index in [0.717, 1.165) is 62.2 Å². The largest absolute Gasteiger partial charge is 0.497 e. The number of fused-ring (bicyclic) bond motifs is 1. The Morgan fingerprint density at radius 3 is 2.59 bits per heavy atom. The number of H-pyrrole nitrogens is 1. The Balaban J connectivity index is 2.24. The van der Waals surface area contributed by atoms with Crippen molar-refractivity contribution in [1.29, 1.82) is 0 Å². The van der Waals surface area contributed by atoms with Crippen molar-refractivity contribution in [3.63, 3.8) is 0 Å². The molecule has 0 amide bonds. The number of unbranched alkanes of at least 4 members (excludes halogenated alkanes) is 1. The monoisotopic (exact) mass is 418 g/mol. The van der Waals surface area contributed by atoms with E-state index in [1.807, 2.05) is 24.3 Å². The number of likely N-dealkylation sites (N-methyl/N-ethyl adjacent to an activating group) is 1. The highest BCUT2D eigenvalue weighted by Crippen LogP contribution is 2.19. The summed E-state index contributed by atoms with van der Waals surface area (Å²) in [5.74, 6) is 0.769. The van der Waals surface area contributed by atoms with Gasteiger partial charge in [0, 0.05) is 36.1 Å². The van der Waals surface area contributed by atoms with E-state index in [1.54, 1.807) is 7.11 Å². The van der Waals surface area contributed by atoms with E-state index in [-0.39, 0.29) is 5.56 Å². The second kappa shape index (κ2) is 11.8. The van der Waals surface area contributed by atoms with E-state index in [0.29, 0.717) is 17.2 Å². The molecule has 0 bridgehead atoms. The van der Waals surface area contributed by atoms with Gasteiger partial charge in [-0.15, -0.1) is 0 Å². The Bertz CT molecular complexity index is 848. The lowest BCUT2D eigenvalue weighted by molar-refractivity contribution is 0.263. The molecule has 0 saturated heterocycles. The zero-order chi connectivity index (χ0) is 21.2. The molecular weight excluding hydrogens is 384 g/mol. The van der Waals surface area contributed by atoms with E-state index in [1.165, 1.54) is 0 Å². The highest BCUT2D eigenvalue weighted by atomic mass is 32.1. The van der Waals surface area contributed by atoms with Crippen LogP contribution in [-0.2, 0) is 6.54 Å². The Hall–Kier alpha value is -2.12. The van der Waals surface area contributed by atoms with Crippen molar-refractivity contribution in [1.82, 2.24) is 20.1 Å². The molecule has 1 aromatic heterocycles. The summed E-state index contributed by atoms with van der Waals surface area (Å²) in [6, 6.07) is 7.60. The van der Waals surface area contributed by atoms with E-state index in [2.05, 4.69) is 40.9 Å². The Morgan fingerprint density at radius 1 is 1.17 bits per heavy atom. The summed E-state index contributed by atoms with van der Waals surface area (Å²) in [5, 5.41) is 5.00. The molecule has 2 N–H and O–H groups in total. The molecule has 6 nitrogen and oxygen atoms in total. The highest BCUT2D eigenvalue weighted by molar-refractivity contribution is 7.80. The Kier molecular flexibility index (Phi) is 9.41. The normalized spacial score (nSPS) is 11.1. The first-order valence-corrected chi connectivity index (χ1v) is 10.9. The molecule has 1 aromatic carbocycles. The average molecular weight is 419 g/mol. The van der Waals surface area contributed by atoms with Gasteiger partial charge in [-0.05, 0) is 56.0 Å². The molecule has 0 aliphatic carbocycles. The molecule has 0 aliphatic rings. The van der Waals surface area contributed by atoms with Gasteiger partial charge in [-0.25, -0.2) is 0 Å². The number of rotatable bonds is 11. The van der Waals surface area contributed by atoms with Crippen LogP contribution in [0.5, 0.6) is 5.75 Å². The predicted octanol–water partition coefficient (Wildman–Crippen LogP) is 3.36. The summed E-state index contributed by atoms with van der Waals surface area (Å²) < 4.78 is 5.32. The summed E-state index contributed by atoms with van der Waals surface area (Å²) in [6.45, 7) is 11.5. The minimum atomic E-state index is -0.0770. The summed E-state index contributed by atoms with van der Waals surface area (Å²) >= 11 is 5.66. The van der Waals surface area contributed by atoms with Gasteiger partial charge < -0.3 is 24.8 Å². The number of nitrogens with zero attached hydrogens (tertiary/aromatic N) is 2. The van der Waals surface area contributed by atoms with Gasteiger partial charge in [-0.2, -0.15) is 0 Å². The molecule has 2 aromatic rings. The summed E-state index contributed by atoms with van der Waals surface area (Å²) in [7, 11) is 1.64. The fourth-order valence-electron chi connectivity index (χ4n) is 3.22. The Labute approximate surface area is 179 Å². The van der Waals surface area contributed by atoms with Crippen LogP contribution in [0, 0.1) is 0 Å². The molecule has 160 valence electrons. The van der Waals surface area contributed by atoms with Crippen molar-refractivity contribution in [3.05, 3.63) is 40.2 Å². The molecule has 7 heteroatoms. The number of methoxy groups -OCH3 is 1. The highest BCUT2D eigenvalue weighted by Gasteiger charge is 2.14. The van der Waals surface area contributed by atoms with Crippen LogP contribution in [0.2, 0.25) is 0 Å². The number of aromatic nitrogens is 1. The van der Waals surface area contributed by atoms with Gasteiger partial charge >= 0.3 is 0 Å². The number of hydrogen-bond donors (Lipinski definition) is 2. The summed E-state index contributed by atoms with van der Waals surface area (Å²) in [5.41, 5.74) is 1.43. The van der Waals surface area contributed by atoms with Crippen LogP contribution in [-0.4, -0.2) is 59.7 Å². The van der Waals surface area contributed by atoms with Gasteiger partial charge in [0.25, 0.3) is 5.56 Å². The van der Waals surface area contributed by atoms with Crippen molar-refractivity contribution < 1.29 is 4.74 Å². The predicted molar refractivity (Wildman–Crippen MR) is 125 cm³/mol. The number of aromatic amines is 1. The minimum absolute atomic E-state index is 0.0770. The average Bonchev–Trinajstić information content (AvgIpc) is 2.73. The van der Waals surface area contributed by atoms with Crippen LogP contribution >= 0.6 is 12.2 Å². The second-order valence-corrected chi connectivity index (χ2v) is 7.50. The van der Waals surface area contributed by atoms with Crippen LogP contribution in [0.4, 0.5) is 0 Å². The first-order chi connectivity index (χ1) is 14.0. The van der Waals surface area contributed by atoms with Crippen molar-refractivity contribution in [2.75, 3.05) is 39.8 Å². The third-order valence-corrected chi connectivity index (χ3v) is 5.57. The second-order valence-electron chi connectivity index (χ2n) is 7.11. The lowest BCUT2D eigenvalue weighted by atomic mass is 10.1. The molecule has 0 aliphatic heterocycles. The molecule has 0 saturated carbocycles. The van der Waals surface area contributed by atoms with E-state index in [4.69, 9.17) is 17.0 Å². The summed E-state index contributed by atoms with van der Waals surface area (Å²) in [4.78, 5) is 20.1. The van der Waals surface area contributed by atoms with Gasteiger partial charge in [0.2, 0.25) is 0 Å². The lowest BCUT2D eigenvalue weighted by Gasteiger charge is -2.28. The maximum atomic E-state index is 12.7. The molecule has 0 atom stereocenters. The molecule has 1 heterocycles. The molecule has 0 spiro atoms. The van der Waals surface area contributed by atoms with Gasteiger partial charge in [-0.1, -0.05) is 27.2 Å². The SMILES string of the molecule is CCCCNC(=S)N(CCN(CC)CC)Cc1cc2cc(OC)ccc2[nH]c1=O. The number of thiocarbonyl (C=S) groups is 1. The quantitative estimate of drug-likeness (QED) is 0.431. The molecule has 29 heavy (non-hydrogen) atoms. The number of pyridine rings is 1. The fraction of sp³-hybridized carbons (Fsp3) is 0.545. The Morgan fingerprint density at radius 2 is 1.93 bits per heavy atom. The zero-order valence-electron chi connectivity index (χ0n) is 18.1. The van der Waals surface area contributed by atoms with Crippen LogP contribution < -0.4 is 15.6 Å². The van der Waals surface area contributed by atoms with Gasteiger partial charge in [-0.3, -0.25) is 4.79 Å². The molecular formula is C22H34N4O2S. The van der Waals surface area contributed by atoms with Gasteiger partial charge in [0.1, 0.15) is 5.75 Å². The molecule has 0 unspecified atom stereocenters. The van der Waals surface area contributed by atoms with Crippen LogP contribution in [0.15, 0.2) is 29.1 Å². The van der Waals surface area contributed by atoms with E-state index >= 15 is 0 Å². The van der Waals surface area contributed by atoms with Gasteiger partial charge in [0.15, 0.2) is 5.11 Å². The third-order valence-electron chi connectivity index (χ3n) is 5.16. The van der Waals surface area contributed by atoms with Crippen LogP contribution in [0.25, 0.3) is 10.9 Å². The smallest absolute Gasteiger partial charge is 0.253 e. The third kappa shape index (κ3) is 6.72. The number of nitrogens with one attached hydrogen (secondary N) is 2. The topological polar surface area (TPSA) is 60.6 Å². The van der Waals surface area contributed by atoms with Crippen LogP contribution in [0.1, 0.15) is 39.2 Å². The first-order valence-electron chi connectivity index (χ1n) is 10.5. The van der Waals surface area contributed by atoms with Crippen molar-refractivity contribution in [2.24, 2.45) is 0 Å². The number of ether oxygens (including phenoxy) is 1. The van der Waals surface area contributed by atoms with Crippen molar-refractivity contribution in [2.45, 2.75) is 40.2 Å². The number of benzene rings is 1. The van der Waals surface area contributed by atoms with Crippen molar-refractivity contribution >= 4 is 28.2 Å². The van der Waals surface area contributed by atoms with Crippen LogP contribution in [0.3, 0.4) is 0 Å². The lowest BCUT2D eigenvalue weighted by Crippen LogP contribution is -2.44. The maximum Gasteiger partial charge on any atom is 0.253 e.